The SMILES string of the molecule is C=C1c2ccc(N3CCN(CCCC4CCN(C(=O)OC(C)(C)C)CC4)CC3)cc2C(=O)N1C1CCC(=O)NC1=O. The number of carbonyl (C=O) groups excluding carboxylic acids is 4. The standard InChI is InChI=1S/C31H43N5O5/c1-21-24-8-7-23(20-25(24)29(39)36(21)26-9-10-27(37)32-28(26)38)34-18-16-33(17-19-34)13-5-6-22-11-14-35(15-12-22)30(40)41-31(2,3)4/h7-8,20,22,26H,1,5-6,9-19H2,2-4H3,(H,32,37,38). The van der Waals surface area contributed by atoms with E-state index in [0.29, 0.717) is 23.6 Å². The molecule has 0 aliphatic carbocycles. The summed E-state index contributed by atoms with van der Waals surface area (Å²) >= 11 is 0. The number of likely N-dealkylation sites (tertiary alicyclic amines) is 1. The number of ether oxygens (including phenoxy) is 1. The minimum Gasteiger partial charge on any atom is -0.444 e. The number of fused-ring (bicyclic) bond motifs is 1. The van der Waals surface area contributed by atoms with Crippen LogP contribution in [0.25, 0.3) is 5.70 Å². The molecule has 4 aliphatic heterocycles. The van der Waals surface area contributed by atoms with E-state index in [-0.39, 0.29) is 24.3 Å². The van der Waals surface area contributed by atoms with Crippen molar-refractivity contribution >= 4 is 35.2 Å². The summed E-state index contributed by atoms with van der Waals surface area (Å²) in [7, 11) is 0. The number of piperazine rings is 1. The number of piperidine rings is 2. The molecule has 1 atom stereocenters. The summed E-state index contributed by atoms with van der Waals surface area (Å²) in [6, 6.07) is 5.18. The Kier molecular flexibility index (Phi) is 8.40. The molecule has 0 bridgehead atoms. The van der Waals surface area contributed by atoms with Gasteiger partial charge < -0.3 is 14.5 Å². The predicted octanol–water partition coefficient (Wildman–Crippen LogP) is 3.47. The molecule has 0 radical (unpaired) electrons. The molecular weight excluding hydrogens is 522 g/mol. The summed E-state index contributed by atoms with van der Waals surface area (Å²) in [5.74, 6) is -0.306. The van der Waals surface area contributed by atoms with E-state index < -0.39 is 17.6 Å². The number of amides is 4. The molecule has 1 aromatic carbocycles. The monoisotopic (exact) mass is 565 g/mol. The Morgan fingerprint density at radius 2 is 1.71 bits per heavy atom. The van der Waals surface area contributed by atoms with Gasteiger partial charge in [0.25, 0.3) is 5.91 Å². The van der Waals surface area contributed by atoms with Gasteiger partial charge in [-0.1, -0.05) is 12.6 Å². The average molecular weight is 566 g/mol. The minimum absolute atomic E-state index is 0.196. The van der Waals surface area contributed by atoms with Crippen molar-refractivity contribution in [1.82, 2.24) is 20.0 Å². The van der Waals surface area contributed by atoms with Crippen molar-refractivity contribution in [3.05, 3.63) is 35.9 Å². The largest absolute Gasteiger partial charge is 0.444 e. The van der Waals surface area contributed by atoms with Crippen molar-refractivity contribution in [2.24, 2.45) is 5.92 Å². The van der Waals surface area contributed by atoms with Gasteiger partial charge in [-0.15, -0.1) is 0 Å². The van der Waals surface area contributed by atoms with Crippen LogP contribution in [0.2, 0.25) is 0 Å². The highest BCUT2D eigenvalue weighted by Gasteiger charge is 2.41. The van der Waals surface area contributed by atoms with Gasteiger partial charge in [0.2, 0.25) is 11.8 Å². The minimum atomic E-state index is -0.704. The van der Waals surface area contributed by atoms with Crippen LogP contribution >= 0.6 is 0 Å². The summed E-state index contributed by atoms with van der Waals surface area (Å²) in [6.07, 6.45) is 4.75. The van der Waals surface area contributed by atoms with Gasteiger partial charge >= 0.3 is 6.09 Å². The first-order chi connectivity index (χ1) is 19.5. The van der Waals surface area contributed by atoms with Gasteiger partial charge in [-0.05, 0) is 77.5 Å². The van der Waals surface area contributed by atoms with E-state index in [1.165, 1.54) is 11.3 Å². The van der Waals surface area contributed by atoms with Gasteiger partial charge in [-0.3, -0.25) is 29.5 Å². The van der Waals surface area contributed by atoms with Crippen LogP contribution in [0, 0.1) is 5.92 Å². The van der Waals surface area contributed by atoms with E-state index in [2.05, 4.69) is 21.7 Å². The zero-order valence-electron chi connectivity index (χ0n) is 24.6. The Morgan fingerprint density at radius 1 is 1.00 bits per heavy atom. The lowest BCUT2D eigenvalue weighted by Crippen LogP contribution is -2.52. The molecule has 1 N–H and O–H groups in total. The maximum Gasteiger partial charge on any atom is 0.410 e. The molecule has 10 heteroatoms. The Hall–Kier alpha value is -3.40. The Balaban J connectivity index is 1.06. The molecule has 3 fully saturated rings. The summed E-state index contributed by atoms with van der Waals surface area (Å²) in [4.78, 5) is 57.7. The fourth-order valence-corrected chi connectivity index (χ4v) is 6.36. The zero-order valence-corrected chi connectivity index (χ0v) is 24.6. The smallest absolute Gasteiger partial charge is 0.410 e. The quantitative estimate of drug-likeness (QED) is 0.527. The van der Waals surface area contributed by atoms with Gasteiger partial charge in [0, 0.05) is 62.6 Å². The summed E-state index contributed by atoms with van der Waals surface area (Å²) < 4.78 is 5.51. The maximum atomic E-state index is 13.3. The lowest BCUT2D eigenvalue weighted by molar-refractivity contribution is -0.136. The summed E-state index contributed by atoms with van der Waals surface area (Å²) in [6.45, 7) is 16.1. The number of benzene rings is 1. The van der Waals surface area contributed by atoms with Gasteiger partial charge in [0.1, 0.15) is 11.6 Å². The molecule has 0 saturated carbocycles. The fraction of sp³-hybridized carbons (Fsp3) is 0.613. The first-order valence-corrected chi connectivity index (χ1v) is 15.0. The van der Waals surface area contributed by atoms with Crippen molar-refractivity contribution in [2.45, 2.75) is 70.9 Å². The lowest BCUT2D eigenvalue weighted by Gasteiger charge is -2.37. The van der Waals surface area contributed by atoms with E-state index in [9.17, 15) is 19.2 Å². The third-order valence-electron chi connectivity index (χ3n) is 8.67. The number of nitrogens with one attached hydrogen (secondary N) is 1. The van der Waals surface area contributed by atoms with Crippen LogP contribution in [0.3, 0.4) is 0 Å². The summed E-state index contributed by atoms with van der Waals surface area (Å²) in [5.41, 5.74) is 2.39. The second kappa shape index (κ2) is 11.8. The van der Waals surface area contributed by atoms with Gasteiger partial charge in [-0.2, -0.15) is 0 Å². The van der Waals surface area contributed by atoms with Crippen LogP contribution in [0.4, 0.5) is 10.5 Å². The Bertz CT molecular complexity index is 1210. The highest BCUT2D eigenvalue weighted by Crippen LogP contribution is 2.37. The van der Waals surface area contributed by atoms with E-state index >= 15 is 0 Å². The molecular formula is C31H43N5O5. The highest BCUT2D eigenvalue weighted by molar-refractivity contribution is 6.13. The molecule has 1 aromatic rings. The zero-order chi connectivity index (χ0) is 29.3. The molecule has 10 nitrogen and oxygen atoms in total. The van der Waals surface area contributed by atoms with E-state index in [0.717, 1.165) is 76.3 Å². The fourth-order valence-electron chi connectivity index (χ4n) is 6.36. The number of hydrogen-bond donors (Lipinski definition) is 1. The molecule has 3 saturated heterocycles. The first kappa shape index (κ1) is 29.1. The van der Waals surface area contributed by atoms with Crippen molar-refractivity contribution < 1.29 is 23.9 Å². The third kappa shape index (κ3) is 6.58. The highest BCUT2D eigenvalue weighted by atomic mass is 16.6. The van der Waals surface area contributed by atoms with Crippen molar-refractivity contribution in [3.8, 4) is 0 Å². The van der Waals surface area contributed by atoms with Gasteiger partial charge in [0.15, 0.2) is 0 Å². The molecule has 1 unspecified atom stereocenters. The molecule has 4 heterocycles. The Labute approximate surface area is 242 Å². The molecule has 41 heavy (non-hydrogen) atoms. The third-order valence-corrected chi connectivity index (χ3v) is 8.67. The Morgan fingerprint density at radius 3 is 2.37 bits per heavy atom. The summed E-state index contributed by atoms with van der Waals surface area (Å²) in [5, 5.41) is 2.34. The predicted molar refractivity (Wildman–Crippen MR) is 156 cm³/mol. The molecule has 222 valence electrons. The number of imide groups is 1. The van der Waals surface area contributed by atoms with Crippen LogP contribution in [0.5, 0.6) is 0 Å². The normalized spacial score (nSPS) is 22.7. The van der Waals surface area contributed by atoms with Crippen LogP contribution in [0.1, 0.15) is 75.2 Å². The van der Waals surface area contributed by atoms with E-state index in [1.807, 2.05) is 43.9 Å². The van der Waals surface area contributed by atoms with Crippen molar-refractivity contribution in [3.63, 3.8) is 0 Å². The van der Waals surface area contributed by atoms with Crippen molar-refractivity contribution in [1.29, 1.82) is 0 Å². The number of carbonyl (C=O) groups is 4. The second-order valence-corrected chi connectivity index (χ2v) is 12.7. The van der Waals surface area contributed by atoms with E-state index in [4.69, 9.17) is 4.74 Å². The topological polar surface area (TPSA) is 102 Å². The lowest BCUT2D eigenvalue weighted by atomic mass is 9.92. The number of rotatable bonds is 6. The molecule has 4 aliphatic rings. The average Bonchev–Trinajstić information content (AvgIpc) is 3.17. The number of anilines is 1. The molecule has 0 aromatic heterocycles. The van der Waals surface area contributed by atoms with E-state index in [1.54, 1.807) is 0 Å². The van der Waals surface area contributed by atoms with Crippen LogP contribution in [0.15, 0.2) is 24.8 Å². The second-order valence-electron chi connectivity index (χ2n) is 12.7. The molecule has 5 rings (SSSR count). The van der Waals surface area contributed by atoms with Gasteiger partial charge in [0.05, 0.1) is 5.56 Å². The molecule has 4 amide bonds. The maximum absolute atomic E-state index is 13.3. The van der Waals surface area contributed by atoms with Crippen LogP contribution < -0.4 is 10.2 Å². The van der Waals surface area contributed by atoms with Crippen LogP contribution in [-0.4, -0.2) is 96.0 Å². The van der Waals surface area contributed by atoms with Crippen LogP contribution in [-0.2, 0) is 14.3 Å². The number of nitrogens with zero attached hydrogens (tertiary/aromatic N) is 4. The first-order valence-electron chi connectivity index (χ1n) is 15.0. The number of hydrogen-bond acceptors (Lipinski definition) is 7. The van der Waals surface area contributed by atoms with Crippen molar-refractivity contribution in [2.75, 3.05) is 50.7 Å². The molecule has 0 spiro atoms. The van der Waals surface area contributed by atoms with Gasteiger partial charge in [-0.25, -0.2) is 4.79 Å².